The minimum absolute atomic E-state index is 0.146. The molecule has 70 valence electrons. The van der Waals surface area contributed by atoms with Gasteiger partial charge >= 0.3 is 0 Å². The number of nitriles is 2. The molecule has 3 nitrogen and oxygen atoms in total. The van der Waals surface area contributed by atoms with E-state index in [4.69, 9.17) is 10.5 Å². The number of benzene rings is 1. The van der Waals surface area contributed by atoms with E-state index in [0.29, 0.717) is 18.4 Å². The number of hydrogen-bond donors (Lipinski definition) is 1. The van der Waals surface area contributed by atoms with Crippen LogP contribution >= 0.6 is 0 Å². The SMILES string of the molecule is N#CCCc1ccc(O)c(CC#N)c1. The van der Waals surface area contributed by atoms with E-state index in [1.807, 2.05) is 6.07 Å². The van der Waals surface area contributed by atoms with Crippen LogP contribution in [0.2, 0.25) is 0 Å². The summed E-state index contributed by atoms with van der Waals surface area (Å²) in [5.41, 5.74) is 1.61. The van der Waals surface area contributed by atoms with Gasteiger partial charge in [-0.3, -0.25) is 0 Å². The van der Waals surface area contributed by atoms with Gasteiger partial charge in [0, 0.05) is 12.0 Å². The van der Waals surface area contributed by atoms with Crippen molar-refractivity contribution >= 4 is 0 Å². The smallest absolute Gasteiger partial charge is 0.119 e. The first-order chi connectivity index (χ1) is 6.77. The van der Waals surface area contributed by atoms with Gasteiger partial charge in [0.2, 0.25) is 0 Å². The Kier molecular flexibility index (Phi) is 3.52. The summed E-state index contributed by atoms with van der Waals surface area (Å²) in [6.07, 6.45) is 1.32. The molecule has 0 radical (unpaired) electrons. The monoisotopic (exact) mass is 186 g/mol. The van der Waals surface area contributed by atoms with Crippen LogP contribution in [0.5, 0.6) is 5.75 Å². The largest absolute Gasteiger partial charge is 0.508 e. The molecule has 0 aromatic heterocycles. The van der Waals surface area contributed by atoms with Crippen molar-refractivity contribution in [1.82, 2.24) is 0 Å². The lowest BCUT2D eigenvalue weighted by Gasteiger charge is -2.03. The van der Waals surface area contributed by atoms with Crippen LogP contribution in [0.15, 0.2) is 18.2 Å². The number of phenols is 1. The quantitative estimate of drug-likeness (QED) is 0.784. The van der Waals surface area contributed by atoms with Crippen LogP contribution in [0.25, 0.3) is 0 Å². The molecule has 0 aliphatic rings. The molecule has 0 heterocycles. The maximum Gasteiger partial charge on any atom is 0.119 e. The van der Waals surface area contributed by atoms with Crippen LogP contribution in [0.3, 0.4) is 0 Å². The molecule has 0 amide bonds. The first kappa shape index (κ1) is 10.1. The normalized spacial score (nSPS) is 9.00. The van der Waals surface area contributed by atoms with E-state index in [1.165, 1.54) is 0 Å². The summed E-state index contributed by atoms with van der Waals surface area (Å²) in [7, 11) is 0. The molecule has 0 unspecified atom stereocenters. The van der Waals surface area contributed by atoms with Crippen molar-refractivity contribution < 1.29 is 5.11 Å². The summed E-state index contributed by atoms with van der Waals surface area (Å²) in [5.74, 6) is 0.146. The minimum atomic E-state index is 0.146. The lowest BCUT2D eigenvalue weighted by Crippen LogP contribution is -1.88. The highest BCUT2D eigenvalue weighted by molar-refractivity contribution is 5.37. The number of aryl methyl sites for hydroxylation is 1. The second-order valence-corrected chi connectivity index (χ2v) is 2.96. The van der Waals surface area contributed by atoms with Crippen LogP contribution in [-0.4, -0.2) is 5.11 Å². The molecule has 0 saturated carbocycles. The van der Waals surface area contributed by atoms with Crippen LogP contribution in [0, 0.1) is 22.7 Å². The van der Waals surface area contributed by atoms with Gasteiger partial charge in [-0.15, -0.1) is 0 Å². The summed E-state index contributed by atoms with van der Waals surface area (Å²) < 4.78 is 0. The fourth-order valence-electron chi connectivity index (χ4n) is 1.22. The average Bonchev–Trinajstić information content (AvgIpc) is 2.19. The lowest BCUT2D eigenvalue weighted by molar-refractivity contribution is 0.469. The van der Waals surface area contributed by atoms with Gasteiger partial charge in [-0.2, -0.15) is 10.5 Å². The Labute approximate surface area is 82.8 Å². The molecule has 0 aliphatic heterocycles. The van der Waals surface area contributed by atoms with Crippen molar-refractivity contribution in [3.63, 3.8) is 0 Å². The number of phenolic OH excluding ortho intramolecular Hbond substituents is 1. The Morgan fingerprint density at radius 1 is 1.21 bits per heavy atom. The van der Waals surface area contributed by atoms with Crippen LogP contribution in [-0.2, 0) is 12.8 Å². The molecule has 0 saturated heterocycles. The van der Waals surface area contributed by atoms with Crippen LogP contribution < -0.4 is 0 Å². The van der Waals surface area contributed by atoms with Gasteiger partial charge < -0.3 is 5.11 Å². The van der Waals surface area contributed by atoms with Crippen molar-refractivity contribution in [2.75, 3.05) is 0 Å². The third-order valence-electron chi connectivity index (χ3n) is 1.94. The highest BCUT2D eigenvalue weighted by atomic mass is 16.3. The third kappa shape index (κ3) is 2.50. The Hall–Kier alpha value is -2.00. The van der Waals surface area contributed by atoms with Crippen LogP contribution in [0.1, 0.15) is 17.5 Å². The Balaban J connectivity index is 2.85. The van der Waals surface area contributed by atoms with Gasteiger partial charge in [0.1, 0.15) is 5.75 Å². The first-order valence-electron chi connectivity index (χ1n) is 4.32. The summed E-state index contributed by atoms with van der Waals surface area (Å²) in [6.45, 7) is 0. The predicted molar refractivity (Wildman–Crippen MR) is 51.4 cm³/mol. The molecular weight excluding hydrogens is 176 g/mol. The second kappa shape index (κ2) is 4.89. The van der Waals surface area contributed by atoms with E-state index in [9.17, 15) is 5.11 Å². The van der Waals surface area contributed by atoms with Gasteiger partial charge in [-0.05, 0) is 18.1 Å². The second-order valence-electron chi connectivity index (χ2n) is 2.96. The average molecular weight is 186 g/mol. The summed E-state index contributed by atoms with van der Waals surface area (Å²) >= 11 is 0. The van der Waals surface area contributed by atoms with Gasteiger partial charge in [-0.25, -0.2) is 0 Å². The van der Waals surface area contributed by atoms with E-state index in [-0.39, 0.29) is 12.2 Å². The molecule has 14 heavy (non-hydrogen) atoms. The zero-order valence-electron chi connectivity index (χ0n) is 7.70. The van der Waals surface area contributed by atoms with Crippen molar-refractivity contribution in [3.8, 4) is 17.9 Å². The predicted octanol–water partition coefficient (Wildman–Crippen LogP) is 1.91. The fourth-order valence-corrected chi connectivity index (χ4v) is 1.22. The molecule has 1 aromatic rings. The Morgan fingerprint density at radius 2 is 2.00 bits per heavy atom. The fraction of sp³-hybridized carbons (Fsp3) is 0.273. The molecule has 0 fully saturated rings. The molecular formula is C11H10N2O. The van der Waals surface area contributed by atoms with Crippen molar-refractivity contribution in [1.29, 1.82) is 10.5 Å². The molecule has 1 aromatic carbocycles. The van der Waals surface area contributed by atoms with Gasteiger partial charge in [0.05, 0.1) is 18.6 Å². The van der Waals surface area contributed by atoms with Crippen molar-refractivity contribution in [2.24, 2.45) is 0 Å². The molecule has 0 atom stereocenters. The zero-order valence-corrected chi connectivity index (χ0v) is 7.70. The van der Waals surface area contributed by atoms with Crippen LogP contribution in [0.4, 0.5) is 0 Å². The number of rotatable bonds is 3. The molecule has 0 aliphatic carbocycles. The highest BCUT2D eigenvalue weighted by Gasteiger charge is 2.01. The third-order valence-corrected chi connectivity index (χ3v) is 1.94. The van der Waals surface area contributed by atoms with E-state index < -0.39 is 0 Å². The Morgan fingerprint density at radius 3 is 2.64 bits per heavy atom. The van der Waals surface area contributed by atoms with Crippen molar-refractivity contribution in [2.45, 2.75) is 19.3 Å². The highest BCUT2D eigenvalue weighted by Crippen LogP contribution is 2.19. The summed E-state index contributed by atoms with van der Waals surface area (Å²) in [6, 6.07) is 9.15. The number of hydrogen-bond acceptors (Lipinski definition) is 3. The summed E-state index contributed by atoms with van der Waals surface area (Å²) in [5, 5.41) is 26.3. The van der Waals surface area contributed by atoms with Gasteiger partial charge in [0.25, 0.3) is 0 Å². The Bertz CT molecular complexity index is 399. The maximum absolute atomic E-state index is 9.38. The van der Waals surface area contributed by atoms with Gasteiger partial charge in [0.15, 0.2) is 0 Å². The zero-order chi connectivity index (χ0) is 10.4. The molecule has 1 rings (SSSR count). The molecule has 0 spiro atoms. The minimum Gasteiger partial charge on any atom is -0.508 e. The molecule has 0 bridgehead atoms. The molecule has 3 heteroatoms. The first-order valence-corrected chi connectivity index (χ1v) is 4.32. The summed E-state index contributed by atoms with van der Waals surface area (Å²) in [4.78, 5) is 0. The standard InChI is InChI=1S/C11H10N2O/c12-6-1-2-9-3-4-11(14)10(8-9)5-7-13/h3-4,8,14H,1-2,5H2. The van der Waals surface area contributed by atoms with Crippen molar-refractivity contribution in [3.05, 3.63) is 29.3 Å². The number of nitrogens with zero attached hydrogens (tertiary/aromatic N) is 2. The van der Waals surface area contributed by atoms with Gasteiger partial charge in [-0.1, -0.05) is 12.1 Å². The number of aromatic hydroxyl groups is 1. The van der Waals surface area contributed by atoms with E-state index in [1.54, 1.807) is 18.2 Å². The van der Waals surface area contributed by atoms with E-state index in [0.717, 1.165) is 5.56 Å². The topological polar surface area (TPSA) is 67.8 Å². The lowest BCUT2D eigenvalue weighted by atomic mass is 10.0. The van der Waals surface area contributed by atoms with E-state index in [2.05, 4.69) is 6.07 Å². The maximum atomic E-state index is 9.38. The van der Waals surface area contributed by atoms with E-state index >= 15 is 0 Å². The molecule has 1 N–H and O–H groups in total.